The molecule has 1 aliphatic rings. The standard InChI is InChI=1S/C18H23N5/c1-2-22-10-7-17(8-11-22)23-18(6-9-21-23)20-14-16-5-3-4-15(12-16)13-19/h3-6,9,12,17,20H,2,7-8,10-11,14H2,1H3. The van der Waals surface area contributed by atoms with Crippen molar-refractivity contribution >= 4 is 5.82 Å². The first-order chi connectivity index (χ1) is 11.3. The van der Waals surface area contributed by atoms with Gasteiger partial charge in [0.15, 0.2) is 0 Å². The fourth-order valence-corrected chi connectivity index (χ4v) is 3.17. The molecule has 1 aromatic carbocycles. The molecule has 0 aliphatic carbocycles. The lowest BCUT2D eigenvalue weighted by molar-refractivity contribution is 0.188. The second-order valence-corrected chi connectivity index (χ2v) is 5.99. The van der Waals surface area contributed by atoms with Crippen LogP contribution in [-0.2, 0) is 6.54 Å². The van der Waals surface area contributed by atoms with E-state index in [1.807, 2.05) is 36.5 Å². The topological polar surface area (TPSA) is 56.9 Å². The summed E-state index contributed by atoms with van der Waals surface area (Å²) in [5.74, 6) is 1.06. The maximum atomic E-state index is 8.98. The minimum Gasteiger partial charge on any atom is -0.366 e. The maximum Gasteiger partial charge on any atom is 0.124 e. The molecular formula is C18H23N5. The van der Waals surface area contributed by atoms with Crippen LogP contribution in [0.5, 0.6) is 0 Å². The first-order valence-electron chi connectivity index (χ1n) is 8.29. The van der Waals surface area contributed by atoms with E-state index in [0.29, 0.717) is 18.2 Å². The molecule has 0 spiro atoms. The van der Waals surface area contributed by atoms with Crippen molar-refractivity contribution < 1.29 is 0 Å². The van der Waals surface area contributed by atoms with Crippen LogP contribution in [0.25, 0.3) is 0 Å². The summed E-state index contributed by atoms with van der Waals surface area (Å²) in [6.45, 7) is 6.34. The van der Waals surface area contributed by atoms with Gasteiger partial charge in [0.2, 0.25) is 0 Å². The molecule has 0 atom stereocenters. The maximum absolute atomic E-state index is 8.98. The van der Waals surface area contributed by atoms with Crippen molar-refractivity contribution in [2.75, 3.05) is 25.0 Å². The van der Waals surface area contributed by atoms with Gasteiger partial charge in [-0.1, -0.05) is 19.1 Å². The molecule has 0 unspecified atom stereocenters. The summed E-state index contributed by atoms with van der Waals surface area (Å²) in [7, 11) is 0. The smallest absolute Gasteiger partial charge is 0.124 e. The van der Waals surface area contributed by atoms with Crippen molar-refractivity contribution in [1.82, 2.24) is 14.7 Å². The summed E-state index contributed by atoms with van der Waals surface area (Å²) in [5.41, 5.74) is 1.81. The van der Waals surface area contributed by atoms with E-state index in [1.165, 1.54) is 0 Å². The van der Waals surface area contributed by atoms with Gasteiger partial charge in [0.05, 0.1) is 23.9 Å². The van der Waals surface area contributed by atoms with Gasteiger partial charge in [-0.15, -0.1) is 0 Å². The van der Waals surface area contributed by atoms with Gasteiger partial charge in [0.1, 0.15) is 5.82 Å². The Balaban J connectivity index is 1.63. The molecule has 120 valence electrons. The number of nitrogens with one attached hydrogen (secondary N) is 1. The highest BCUT2D eigenvalue weighted by Gasteiger charge is 2.21. The highest BCUT2D eigenvalue weighted by Crippen LogP contribution is 2.25. The van der Waals surface area contributed by atoms with E-state index in [0.717, 1.165) is 43.9 Å². The van der Waals surface area contributed by atoms with E-state index in [2.05, 4.69) is 33.0 Å². The first-order valence-corrected chi connectivity index (χ1v) is 8.29. The number of hydrogen-bond acceptors (Lipinski definition) is 4. The molecule has 5 heteroatoms. The Labute approximate surface area is 137 Å². The van der Waals surface area contributed by atoms with Gasteiger partial charge >= 0.3 is 0 Å². The number of hydrogen-bond donors (Lipinski definition) is 1. The average molecular weight is 309 g/mol. The molecule has 0 bridgehead atoms. The Kier molecular flexibility index (Phi) is 4.94. The van der Waals surface area contributed by atoms with E-state index in [4.69, 9.17) is 5.26 Å². The highest BCUT2D eigenvalue weighted by atomic mass is 15.3. The number of rotatable bonds is 5. The van der Waals surface area contributed by atoms with Gasteiger partial charge in [-0.2, -0.15) is 10.4 Å². The van der Waals surface area contributed by atoms with Crippen molar-refractivity contribution in [1.29, 1.82) is 5.26 Å². The first kappa shape index (κ1) is 15.6. The molecule has 0 amide bonds. The second-order valence-electron chi connectivity index (χ2n) is 5.99. The fraction of sp³-hybridized carbons (Fsp3) is 0.444. The molecule has 3 rings (SSSR count). The number of benzene rings is 1. The summed E-state index contributed by atoms with van der Waals surface area (Å²) in [5, 5.41) is 17.0. The quantitative estimate of drug-likeness (QED) is 0.922. The van der Waals surface area contributed by atoms with Crippen molar-refractivity contribution in [3.05, 3.63) is 47.7 Å². The molecule has 0 radical (unpaired) electrons. The Morgan fingerprint density at radius 1 is 1.30 bits per heavy atom. The van der Waals surface area contributed by atoms with Crippen LogP contribution in [0.4, 0.5) is 5.82 Å². The Morgan fingerprint density at radius 2 is 2.13 bits per heavy atom. The van der Waals surface area contributed by atoms with Crippen molar-refractivity contribution in [3.63, 3.8) is 0 Å². The van der Waals surface area contributed by atoms with Crippen LogP contribution in [0.15, 0.2) is 36.5 Å². The minimum atomic E-state index is 0.473. The largest absolute Gasteiger partial charge is 0.366 e. The Morgan fingerprint density at radius 3 is 2.87 bits per heavy atom. The molecule has 0 saturated carbocycles. The summed E-state index contributed by atoms with van der Waals surface area (Å²) >= 11 is 0. The van der Waals surface area contributed by atoms with E-state index < -0.39 is 0 Å². The monoisotopic (exact) mass is 309 g/mol. The van der Waals surface area contributed by atoms with Gasteiger partial charge < -0.3 is 10.2 Å². The van der Waals surface area contributed by atoms with Gasteiger partial charge in [-0.3, -0.25) is 0 Å². The highest BCUT2D eigenvalue weighted by molar-refractivity contribution is 5.38. The number of anilines is 1. The second kappa shape index (κ2) is 7.30. The lowest BCUT2D eigenvalue weighted by Crippen LogP contribution is -2.34. The van der Waals surface area contributed by atoms with Crippen molar-refractivity contribution in [2.24, 2.45) is 0 Å². The predicted octanol–water partition coefficient (Wildman–Crippen LogP) is 3.02. The van der Waals surface area contributed by atoms with Crippen LogP contribution in [-0.4, -0.2) is 34.3 Å². The summed E-state index contributed by atoms with van der Waals surface area (Å²) in [6.07, 6.45) is 4.16. The van der Waals surface area contributed by atoms with Gasteiger partial charge in [0.25, 0.3) is 0 Å². The number of likely N-dealkylation sites (tertiary alicyclic amines) is 1. The zero-order chi connectivity index (χ0) is 16.1. The van der Waals surface area contributed by atoms with E-state index in [9.17, 15) is 0 Å². The lowest BCUT2D eigenvalue weighted by atomic mass is 10.1. The summed E-state index contributed by atoms with van der Waals surface area (Å²) in [4.78, 5) is 2.49. The summed E-state index contributed by atoms with van der Waals surface area (Å²) in [6, 6.07) is 12.4. The molecule has 1 saturated heterocycles. The van der Waals surface area contributed by atoms with Crippen molar-refractivity contribution in [3.8, 4) is 6.07 Å². The lowest BCUT2D eigenvalue weighted by Gasteiger charge is -2.31. The third-order valence-corrected chi connectivity index (χ3v) is 4.55. The van der Waals surface area contributed by atoms with Gasteiger partial charge in [-0.05, 0) is 37.1 Å². The molecule has 1 fully saturated rings. The average Bonchev–Trinajstić information content (AvgIpc) is 3.09. The molecular weight excluding hydrogens is 286 g/mol. The normalized spacial score (nSPS) is 16.2. The predicted molar refractivity (Wildman–Crippen MR) is 91.1 cm³/mol. The van der Waals surface area contributed by atoms with E-state index in [-0.39, 0.29) is 0 Å². The molecule has 1 aliphatic heterocycles. The third-order valence-electron chi connectivity index (χ3n) is 4.55. The van der Waals surface area contributed by atoms with Gasteiger partial charge in [0, 0.05) is 25.7 Å². The van der Waals surface area contributed by atoms with Crippen LogP contribution < -0.4 is 5.32 Å². The zero-order valence-electron chi connectivity index (χ0n) is 13.6. The van der Waals surface area contributed by atoms with Crippen LogP contribution in [0.2, 0.25) is 0 Å². The van der Waals surface area contributed by atoms with Crippen LogP contribution >= 0.6 is 0 Å². The van der Waals surface area contributed by atoms with E-state index >= 15 is 0 Å². The molecule has 2 aromatic rings. The molecule has 5 nitrogen and oxygen atoms in total. The van der Waals surface area contributed by atoms with Crippen LogP contribution in [0, 0.1) is 11.3 Å². The third kappa shape index (κ3) is 3.72. The SMILES string of the molecule is CCN1CCC(n2nccc2NCc2cccc(C#N)c2)CC1. The fourth-order valence-electron chi connectivity index (χ4n) is 3.17. The summed E-state index contributed by atoms with van der Waals surface area (Å²) < 4.78 is 2.13. The number of nitrogens with zero attached hydrogens (tertiary/aromatic N) is 4. The number of aromatic nitrogens is 2. The minimum absolute atomic E-state index is 0.473. The van der Waals surface area contributed by atoms with Crippen molar-refractivity contribution in [2.45, 2.75) is 32.4 Å². The molecule has 2 heterocycles. The number of nitriles is 1. The molecule has 1 aromatic heterocycles. The van der Waals surface area contributed by atoms with Gasteiger partial charge in [-0.25, -0.2) is 4.68 Å². The Hall–Kier alpha value is -2.32. The molecule has 1 N–H and O–H groups in total. The number of piperidine rings is 1. The van der Waals surface area contributed by atoms with Crippen LogP contribution in [0.1, 0.15) is 36.9 Å². The Bertz CT molecular complexity index is 677. The van der Waals surface area contributed by atoms with Crippen LogP contribution in [0.3, 0.4) is 0 Å². The zero-order valence-corrected chi connectivity index (χ0v) is 13.6. The van der Waals surface area contributed by atoms with E-state index in [1.54, 1.807) is 0 Å². The molecule has 23 heavy (non-hydrogen) atoms.